The molecule has 380 valence electrons. The smallest absolute Gasteiger partial charge is 0.481 e. The van der Waals surface area contributed by atoms with Crippen molar-refractivity contribution < 1.29 is 76.3 Å². The topological polar surface area (TPSA) is 182 Å². The highest BCUT2D eigenvalue weighted by Crippen LogP contribution is 2.76. The molecule has 1 N–H and O–H groups in total. The second-order valence-electron chi connectivity index (χ2n) is 21.0. The zero-order valence-corrected chi connectivity index (χ0v) is 41.5. The number of carbonyl (C=O) groups is 3. The van der Waals surface area contributed by atoms with Gasteiger partial charge in [-0.1, -0.05) is 53.2 Å². The van der Waals surface area contributed by atoms with E-state index in [1.54, 1.807) is 14.2 Å². The van der Waals surface area contributed by atoms with Gasteiger partial charge < -0.3 is 61.9 Å². The summed E-state index contributed by atoms with van der Waals surface area (Å²) in [5.41, 5.74) is -0.468. The molecule has 0 saturated heterocycles. The molecule has 0 aliphatic heterocycles. The number of aliphatic carboxylic acids is 1. The van der Waals surface area contributed by atoms with Crippen LogP contribution in [0.3, 0.4) is 0 Å². The van der Waals surface area contributed by atoms with Gasteiger partial charge >= 0.3 is 18.3 Å². The number of hydrogen-bond donors (Lipinski definition) is 1. The first-order valence-electron chi connectivity index (χ1n) is 24.5. The second-order valence-corrected chi connectivity index (χ2v) is 21.0. The molecule has 5 aliphatic rings. The first kappa shape index (κ1) is 54.4. The van der Waals surface area contributed by atoms with E-state index < -0.39 is 35.2 Å². The lowest BCUT2D eigenvalue weighted by Gasteiger charge is -2.71. The Balaban J connectivity index is 1.22. The third-order valence-electron chi connectivity index (χ3n) is 16.8. The van der Waals surface area contributed by atoms with Crippen LogP contribution < -0.4 is 0 Å². The van der Waals surface area contributed by atoms with E-state index in [-0.39, 0.29) is 72.4 Å². The lowest BCUT2D eigenvalue weighted by molar-refractivity contribution is -0.219. The van der Waals surface area contributed by atoms with Crippen LogP contribution in [-0.2, 0) is 61.6 Å². The number of allylic oxidation sites excluding steroid dienone is 2. The van der Waals surface area contributed by atoms with Crippen LogP contribution >= 0.6 is 0 Å². The van der Waals surface area contributed by atoms with E-state index in [1.165, 1.54) is 5.57 Å². The van der Waals surface area contributed by atoms with Crippen LogP contribution in [0.25, 0.3) is 0 Å². The van der Waals surface area contributed by atoms with Gasteiger partial charge in [-0.2, -0.15) is 0 Å². The molecule has 0 spiro atoms. The van der Waals surface area contributed by atoms with Crippen LogP contribution in [0.2, 0.25) is 0 Å². The van der Waals surface area contributed by atoms with E-state index in [4.69, 9.17) is 56.8 Å². The molecule has 0 heterocycles. The average Bonchev–Trinajstić information content (AvgIpc) is 3.27. The molecule has 4 fully saturated rings. The van der Waals surface area contributed by atoms with Gasteiger partial charge in [0.1, 0.15) is 25.9 Å². The SMILES string of the molecule is COCCOCCOCCOCCOC(=O)OC[C@]1(C)C(OC(=O)OCCOCCOCCOCCOC)CCC2(C)C1CC[C@]1(C)C2CC=C2[C@@H]3CC(C)(C)CC[C@]3(C(=O)O)CC[C@]21C. The van der Waals surface area contributed by atoms with Gasteiger partial charge in [-0.05, 0) is 104 Å². The largest absolute Gasteiger partial charge is 0.508 e. The molecule has 4 unspecified atom stereocenters. The van der Waals surface area contributed by atoms with Crippen molar-refractivity contribution in [2.24, 2.45) is 50.2 Å². The molecule has 0 bridgehead atoms. The molecule has 0 aromatic heterocycles. The van der Waals surface area contributed by atoms with Gasteiger partial charge in [0.25, 0.3) is 0 Å². The molecule has 9 atom stereocenters. The van der Waals surface area contributed by atoms with E-state index in [0.717, 1.165) is 51.4 Å². The Bertz CT molecular complexity index is 1570. The third-order valence-corrected chi connectivity index (χ3v) is 16.8. The maximum absolute atomic E-state index is 13.3. The normalized spacial score (nSPS) is 33.3. The molecule has 66 heavy (non-hydrogen) atoms. The van der Waals surface area contributed by atoms with Crippen molar-refractivity contribution in [3.05, 3.63) is 11.6 Å². The molecule has 5 aliphatic carbocycles. The molecule has 16 nitrogen and oxygen atoms in total. The second kappa shape index (κ2) is 24.8. The summed E-state index contributed by atoms with van der Waals surface area (Å²) in [5.74, 6) is -0.314. The molecule has 0 radical (unpaired) electrons. The molecule has 16 heteroatoms. The monoisotopic (exact) mass is 941 g/mol. The Kier molecular flexibility index (Phi) is 20.4. The summed E-state index contributed by atoms with van der Waals surface area (Å²) < 4.78 is 66.0. The molecular weight excluding hydrogens is 857 g/mol. The van der Waals surface area contributed by atoms with E-state index in [1.807, 2.05) is 0 Å². The Morgan fingerprint density at radius 3 is 1.61 bits per heavy atom. The van der Waals surface area contributed by atoms with Crippen LogP contribution in [0.5, 0.6) is 0 Å². The van der Waals surface area contributed by atoms with Crippen molar-refractivity contribution in [3.8, 4) is 0 Å². The summed E-state index contributed by atoms with van der Waals surface area (Å²) in [7, 11) is 3.25. The zero-order chi connectivity index (χ0) is 47.9. The van der Waals surface area contributed by atoms with Gasteiger partial charge in [0, 0.05) is 19.6 Å². The summed E-state index contributed by atoms with van der Waals surface area (Å²) in [6, 6.07) is 0. The van der Waals surface area contributed by atoms with Crippen LogP contribution in [0.1, 0.15) is 106 Å². The van der Waals surface area contributed by atoms with Crippen molar-refractivity contribution >= 4 is 18.3 Å². The summed E-state index contributed by atoms with van der Waals surface area (Å²) in [5, 5.41) is 10.8. The molecule has 4 saturated carbocycles. The minimum Gasteiger partial charge on any atom is -0.481 e. The number of ether oxygens (including phenoxy) is 12. The maximum Gasteiger partial charge on any atom is 0.508 e. The van der Waals surface area contributed by atoms with Gasteiger partial charge in [-0.25, -0.2) is 9.59 Å². The zero-order valence-electron chi connectivity index (χ0n) is 41.5. The predicted octanol–water partition coefficient (Wildman–Crippen LogP) is 7.92. The standard InChI is InChI=1S/C50H84O16/c1-45(2)15-17-50(42(51)52)18-16-48(5)37(38(50)35-45)9-10-40-46(3)13-12-41(66-44(54)64-34-32-62-30-28-60-26-24-58-22-20-56-8)47(4,39(46)11-14-49(40,48)6)36-65-43(53)63-33-31-61-29-27-59-25-23-57-21-19-55-7/h9,38-41H,10-36H2,1-8H3,(H,51,52)/t38-,39?,40?,41?,46?,47-,48+,49+,50-/m0/s1. The van der Waals surface area contributed by atoms with Crippen LogP contribution in [-0.4, -0.2) is 156 Å². The minimum atomic E-state index is -0.810. The lowest BCUT2D eigenvalue weighted by Crippen LogP contribution is -2.66. The Hall–Kier alpha value is -2.57. The van der Waals surface area contributed by atoms with Crippen molar-refractivity contribution in [1.29, 1.82) is 0 Å². The summed E-state index contributed by atoms with van der Waals surface area (Å²) in [4.78, 5) is 39.7. The lowest BCUT2D eigenvalue weighted by atomic mass is 9.33. The van der Waals surface area contributed by atoms with E-state index in [2.05, 4.69) is 47.6 Å². The van der Waals surface area contributed by atoms with Crippen LogP contribution in [0, 0.1) is 50.2 Å². The summed E-state index contributed by atoms with van der Waals surface area (Å²) >= 11 is 0. The van der Waals surface area contributed by atoms with Gasteiger partial charge in [-0.3, -0.25) is 4.79 Å². The number of rotatable bonds is 28. The fourth-order valence-electron chi connectivity index (χ4n) is 13.0. The Morgan fingerprint density at radius 1 is 0.576 bits per heavy atom. The third kappa shape index (κ3) is 12.8. The Labute approximate surface area is 394 Å². The predicted molar refractivity (Wildman–Crippen MR) is 243 cm³/mol. The fraction of sp³-hybridized carbons (Fsp3) is 0.900. The molecule has 0 aromatic rings. The Morgan fingerprint density at radius 2 is 1.08 bits per heavy atom. The highest BCUT2D eigenvalue weighted by Gasteiger charge is 2.70. The maximum atomic E-state index is 13.3. The van der Waals surface area contributed by atoms with E-state index >= 15 is 0 Å². The van der Waals surface area contributed by atoms with E-state index in [9.17, 15) is 19.5 Å². The van der Waals surface area contributed by atoms with Crippen molar-refractivity contribution in [3.63, 3.8) is 0 Å². The number of carboxylic acids is 1. The number of fused-ring (bicyclic) bond motifs is 7. The first-order valence-corrected chi connectivity index (χ1v) is 24.5. The van der Waals surface area contributed by atoms with Gasteiger partial charge in [0.05, 0.1) is 97.9 Å². The molecule has 0 aromatic carbocycles. The highest BCUT2D eigenvalue weighted by atomic mass is 16.7. The number of hydrogen-bond acceptors (Lipinski definition) is 15. The summed E-state index contributed by atoms with van der Waals surface area (Å²) in [6.07, 6.45) is 8.33. The van der Waals surface area contributed by atoms with Crippen LogP contribution in [0.15, 0.2) is 11.6 Å². The molecular formula is C50H84O16. The first-order chi connectivity index (χ1) is 31.5. The average molecular weight is 941 g/mol. The van der Waals surface area contributed by atoms with Crippen molar-refractivity contribution in [2.75, 3.05) is 127 Å². The summed E-state index contributed by atoms with van der Waals surface area (Å²) in [6.45, 7) is 19.7. The van der Waals surface area contributed by atoms with Gasteiger partial charge in [0.15, 0.2) is 0 Å². The number of methoxy groups -OCH3 is 2. The van der Waals surface area contributed by atoms with Crippen LogP contribution in [0.4, 0.5) is 9.59 Å². The van der Waals surface area contributed by atoms with Crippen molar-refractivity contribution in [2.45, 2.75) is 112 Å². The van der Waals surface area contributed by atoms with E-state index in [0.29, 0.717) is 92.1 Å². The minimum absolute atomic E-state index is 0.00814. The van der Waals surface area contributed by atoms with Gasteiger partial charge in [0.2, 0.25) is 0 Å². The quantitative estimate of drug-likeness (QED) is 0.0453. The molecule has 0 amide bonds. The van der Waals surface area contributed by atoms with Crippen molar-refractivity contribution in [1.82, 2.24) is 0 Å². The van der Waals surface area contributed by atoms with Gasteiger partial charge in [-0.15, -0.1) is 0 Å². The fourth-order valence-corrected chi connectivity index (χ4v) is 13.0. The number of carboxylic acid groups (broad SMARTS) is 1. The number of carbonyl (C=O) groups excluding carboxylic acids is 2. The molecule has 5 rings (SSSR count). The highest BCUT2D eigenvalue weighted by molar-refractivity contribution is 5.76.